The Balaban J connectivity index is 2.20. The Morgan fingerprint density at radius 1 is 1.31 bits per heavy atom. The average molecular weight is 220 g/mol. The summed E-state index contributed by atoms with van der Waals surface area (Å²) in [7, 11) is 0. The smallest absolute Gasteiger partial charge is 0.163 e. The fraction of sp³-hybridized carbons (Fsp3) is 0.667. The minimum absolute atomic E-state index is 0.341. The van der Waals surface area contributed by atoms with Crippen molar-refractivity contribution in [2.75, 3.05) is 5.73 Å². The van der Waals surface area contributed by atoms with E-state index < -0.39 is 0 Å². The SMILES string of the molecule is CCCCCCCCn1cc(C#N)c(N)n1. The third kappa shape index (κ3) is 3.93. The monoisotopic (exact) mass is 220 g/mol. The molecule has 1 rings (SSSR count). The van der Waals surface area contributed by atoms with E-state index in [1.165, 1.54) is 32.1 Å². The van der Waals surface area contributed by atoms with Gasteiger partial charge >= 0.3 is 0 Å². The molecule has 1 aromatic heterocycles. The standard InChI is InChI=1S/C12H20N4/c1-2-3-4-5-6-7-8-16-10-11(9-13)12(14)15-16/h10H,2-8H2,1H3,(H2,14,15). The molecule has 0 fully saturated rings. The van der Waals surface area contributed by atoms with Crippen LogP contribution in [0.4, 0.5) is 5.82 Å². The van der Waals surface area contributed by atoms with Gasteiger partial charge in [-0.2, -0.15) is 10.4 Å². The molecule has 0 aliphatic rings. The first-order chi connectivity index (χ1) is 7.77. The summed E-state index contributed by atoms with van der Waals surface area (Å²) in [5.74, 6) is 0.341. The lowest BCUT2D eigenvalue weighted by atomic mass is 10.1. The Morgan fingerprint density at radius 3 is 2.62 bits per heavy atom. The van der Waals surface area contributed by atoms with Gasteiger partial charge in [0.15, 0.2) is 5.82 Å². The zero-order valence-corrected chi connectivity index (χ0v) is 9.95. The summed E-state index contributed by atoms with van der Waals surface area (Å²) >= 11 is 0. The fourth-order valence-electron chi connectivity index (χ4n) is 1.69. The molecule has 1 heterocycles. The van der Waals surface area contributed by atoms with Gasteiger partial charge in [-0.15, -0.1) is 0 Å². The first-order valence-corrected chi connectivity index (χ1v) is 6.01. The van der Waals surface area contributed by atoms with Gasteiger partial charge in [0.05, 0.1) is 0 Å². The molecular weight excluding hydrogens is 200 g/mol. The molecule has 4 nitrogen and oxygen atoms in total. The Hall–Kier alpha value is -1.50. The van der Waals surface area contributed by atoms with Crippen LogP contribution in [0.1, 0.15) is 51.0 Å². The van der Waals surface area contributed by atoms with Crippen molar-refractivity contribution in [3.05, 3.63) is 11.8 Å². The van der Waals surface area contributed by atoms with Crippen LogP contribution in [0.5, 0.6) is 0 Å². The molecule has 0 unspecified atom stereocenters. The molecule has 0 aliphatic carbocycles. The Bertz CT molecular complexity index is 348. The molecule has 0 saturated heterocycles. The van der Waals surface area contributed by atoms with Crippen LogP contribution in [0.15, 0.2) is 6.20 Å². The lowest BCUT2D eigenvalue weighted by Crippen LogP contribution is -1.99. The van der Waals surface area contributed by atoms with E-state index >= 15 is 0 Å². The second-order valence-electron chi connectivity index (χ2n) is 4.07. The Kier molecular flexibility index (Phi) is 5.41. The Morgan fingerprint density at radius 2 is 2.00 bits per heavy atom. The van der Waals surface area contributed by atoms with Crippen LogP contribution in [-0.2, 0) is 6.54 Å². The van der Waals surface area contributed by atoms with Gasteiger partial charge in [0, 0.05) is 12.7 Å². The number of anilines is 1. The van der Waals surface area contributed by atoms with Crippen molar-refractivity contribution >= 4 is 5.82 Å². The van der Waals surface area contributed by atoms with E-state index in [0.717, 1.165) is 13.0 Å². The lowest BCUT2D eigenvalue weighted by molar-refractivity contribution is 0.528. The van der Waals surface area contributed by atoms with Crippen molar-refractivity contribution in [2.24, 2.45) is 0 Å². The van der Waals surface area contributed by atoms with Gasteiger partial charge in [0.2, 0.25) is 0 Å². The zero-order valence-electron chi connectivity index (χ0n) is 9.95. The van der Waals surface area contributed by atoms with Crippen LogP contribution >= 0.6 is 0 Å². The normalized spacial score (nSPS) is 10.2. The van der Waals surface area contributed by atoms with E-state index in [1.54, 1.807) is 10.9 Å². The maximum atomic E-state index is 8.72. The third-order valence-electron chi connectivity index (χ3n) is 2.65. The predicted octanol–water partition coefficient (Wildman–Crippen LogP) is 2.70. The van der Waals surface area contributed by atoms with E-state index in [9.17, 15) is 0 Å². The highest BCUT2D eigenvalue weighted by Crippen LogP contribution is 2.09. The number of aryl methyl sites for hydroxylation is 1. The summed E-state index contributed by atoms with van der Waals surface area (Å²) in [5, 5.41) is 12.8. The van der Waals surface area contributed by atoms with Crippen LogP contribution in [0, 0.1) is 11.3 Å². The summed E-state index contributed by atoms with van der Waals surface area (Å²) in [6, 6.07) is 2.03. The number of hydrogen-bond donors (Lipinski definition) is 1. The number of rotatable bonds is 7. The lowest BCUT2D eigenvalue weighted by Gasteiger charge is -2.01. The van der Waals surface area contributed by atoms with Crippen molar-refractivity contribution < 1.29 is 0 Å². The second-order valence-corrected chi connectivity index (χ2v) is 4.07. The van der Waals surface area contributed by atoms with Crippen molar-refractivity contribution in [3.63, 3.8) is 0 Å². The van der Waals surface area contributed by atoms with Crippen LogP contribution in [0.25, 0.3) is 0 Å². The molecular formula is C12H20N4. The van der Waals surface area contributed by atoms with Gasteiger partial charge < -0.3 is 5.73 Å². The van der Waals surface area contributed by atoms with Gasteiger partial charge in [-0.05, 0) is 6.42 Å². The number of aromatic nitrogens is 2. The topological polar surface area (TPSA) is 67.6 Å². The van der Waals surface area contributed by atoms with E-state index in [2.05, 4.69) is 12.0 Å². The molecule has 0 bridgehead atoms. The van der Waals surface area contributed by atoms with Gasteiger partial charge in [0.1, 0.15) is 11.6 Å². The first-order valence-electron chi connectivity index (χ1n) is 6.01. The maximum Gasteiger partial charge on any atom is 0.163 e. The van der Waals surface area contributed by atoms with Crippen molar-refractivity contribution in [1.29, 1.82) is 5.26 Å². The van der Waals surface area contributed by atoms with Crippen LogP contribution in [-0.4, -0.2) is 9.78 Å². The molecule has 0 radical (unpaired) electrons. The highest BCUT2D eigenvalue weighted by Gasteiger charge is 2.03. The average Bonchev–Trinajstić information content (AvgIpc) is 2.64. The molecule has 0 aliphatic heterocycles. The van der Waals surface area contributed by atoms with E-state index in [-0.39, 0.29) is 0 Å². The number of nitrogens with two attached hydrogens (primary N) is 1. The molecule has 0 amide bonds. The molecule has 1 aromatic rings. The van der Waals surface area contributed by atoms with Gasteiger partial charge in [0.25, 0.3) is 0 Å². The molecule has 0 spiro atoms. The molecule has 16 heavy (non-hydrogen) atoms. The summed E-state index contributed by atoms with van der Waals surface area (Å²) in [6.07, 6.45) is 9.27. The largest absolute Gasteiger partial charge is 0.381 e. The highest BCUT2D eigenvalue weighted by atomic mass is 15.3. The molecule has 88 valence electrons. The van der Waals surface area contributed by atoms with Gasteiger partial charge in [-0.1, -0.05) is 39.0 Å². The molecule has 2 N–H and O–H groups in total. The predicted molar refractivity (Wildman–Crippen MR) is 64.7 cm³/mol. The summed E-state index contributed by atoms with van der Waals surface area (Å²) in [5.41, 5.74) is 6.05. The van der Waals surface area contributed by atoms with E-state index in [1.807, 2.05) is 6.07 Å². The first kappa shape index (κ1) is 12.6. The third-order valence-corrected chi connectivity index (χ3v) is 2.65. The fourth-order valence-corrected chi connectivity index (χ4v) is 1.69. The summed E-state index contributed by atoms with van der Waals surface area (Å²) < 4.78 is 1.77. The van der Waals surface area contributed by atoms with Crippen molar-refractivity contribution in [2.45, 2.75) is 52.0 Å². The van der Waals surface area contributed by atoms with Gasteiger partial charge in [-0.25, -0.2) is 0 Å². The zero-order chi connectivity index (χ0) is 11.8. The minimum Gasteiger partial charge on any atom is -0.381 e. The molecule has 0 atom stereocenters. The van der Waals surface area contributed by atoms with Crippen molar-refractivity contribution in [3.8, 4) is 6.07 Å². The second kappa shape index (κ2) is 6.89. The Labute approximate surface area is 97.1 Å². The number of unbranched alkanes of at least 4 members (excludes halogenated alkanes) is 5. The molecule has 4 heteroatoms. The van der Waals surface area contributed by atoms with E-state index in [4.69, 9.17) is 11.0 Å². The number of nitrogens with zero attached hydrogens (tertiary/aromatic N) is 3. The highest BCUT2D eigenvalue weighted by molar-refractivity contribution is 5.46. The van der Waals surface area contributed by atoms with Gasteiger partial charge in [-0.3, -0.25) is 4.68 Å². The quantitative estimate of drug-likeness (QED) is 0.718. The number of hydrogen-bond acceptors (Lipinski definition) is 3. The molecule has 0 aromatic carbocycles. The van der Waals surface area contributed by atoms with E-state index in [0.29, 0.717) is 11.4 Å². The summed E-state index contributed by atoms with van der Waals surface area (Å²) in [6.45, 7) is 3.08. The maximum absolute atomic E-state index is 8.72. The summed E-state index contributed by atoms with van der Waals surface area (Å²) in [4.78, 5) is 0. The minimum atomic E-state index is 0.341. The number of nitriles is 1. The number of nitrogen functional groups attached to an aromatic ring is 1. The van der Waals surface area contributed by atoms with Crippen molar-refractivity contribution in [1.82, 2.24) is 9.78 Å². The molecule has 0 saturated carbocycles. The van der Waals surface area contributed by atoms with Crippen LogP contribution < -0.4 is 5.73 Å². The van der Waals surface area contributed by atoms with Crippen LogP contribution in [0.2, 0.25) is 0 Å². The van der Waals surface area contributed by atoms with Crippen LogP contribution in [0.3, 0.4) is 0 Å².